The van der Waals surface area contributed by atoms with Crippen molar-refractivity contribution in [3.05, 3.63) is 65.2 Å². The predicted molar refractivity (Wildman–Crippen MR) is 121 cm³/mol. The van der Waals surface area contributed by atoms with E-state index in [-0.39, 0.29) is 21.9 Å². The standard InChI is InChI=1S/C21H21N5O4S2/c1-14-7-9-16(10-8-14)19(28)23-20-24-25-21(31-20)32(29,30)22-13-15-4-2-5-17(12-15)26-11-3-6-18(26)27/h2,4-5,7-10,12,22H,3,6,11,13H2,1H3,(H,23,24,28). The first kappa shape index (κ1) is 22.1. The number of sulfonamides is 1. The summed E-state index contributed by atoms with van der Waals surface area (Å²) in [7, 11) is -3.92. The van der Waals surface area contributed by atoms with E-state index in [1.807, 2.05) is 25.1 Å². The number of aryl methyl sites for hydroxylation is 1. The predicted octanol–water partition coefficient (Wildman–Crippen LogP) is 2.70. The lowest BCUT2D eigenvalue weighted by molar-refractivity contribution is -0.117. The van der Waals surface area contributed by atoms with Crippen molar-refractivity contribution >= 4 is 44.0 Å². The number of anilines is 2. The Hall–Kier alpha value is -3.15. The van der Waals surface area contributed by atoms with Crippen molar-refractivity contribution < 1.29 is 18.0 Å². The summed E-state index contributed by atoms with van der Waals surface area (Å²) in [5.74, 6) is -0.330. The van der Waals surface area contributed by atoms with Gasteiger partial charge in [0.15, 0.2) is 0 Å². The Labute approximate surface area is 189 Å². The minimum Gasteiger partial charge on any atom is -0.312 e. The third kappa shape index (κ3) is 5.01. The molecule has 0 saturated carbocycles. The van der Waals surface area contributed by atoms with Crippen LogP contribution in [-0.2, 0) is 21.4 Å². The van der Waals surface area contributed by atoms with Crippen LogP contribution in [0.4, 0.5) is 10.8 Å². The van der Waals surface area contributed by atoms with Gasteiger partial charge in [0.1, 0.15) is 0 Å². The normalized spacial score (nSPS) is 14.0. The summed E-state index contributed by atoms with van der Waals surface area (Å²) in [6, 6.07) is 14.2. The molecular weight excluding hydrogens is 450 g/mol. The van der Waals surface area contributed by atoms with Crippen LogP contribution in [0.3, 0.4) is 0 Å². The van der Waals surface area contributed by atoms with Crippen LogP contribution >= 0.6 is 11.3 Å². The molecule has 3 aromatic rings. The molecule has 9 nitrogen and oxygen atoms in total. The van der Waals surface area contributed by atoms with Gasteiger partial charge in [-0.1, -0.05) is 41.2 Å². The number of benzene rings is 2. The Morgan fingerprint density at radius 3 is 2.66 bits per heavy atom. The first-order chi connectivity index (χ1) is 15.3. The van der Waals surface area contributed by atoms with Crippen LogP contribution in [0.25, 0.3) is 0 Å². The molecule has 32 heavy (non-hydrogen) atoms. The maximum absolute atomic E-state index is 12.6. The Morgan fingerprint density at radius 2 is 1.94 bits per heavy atom. The monoisotopic (exact) mass is 471 g/mol. The van der Waals surface area contributed by atoms with Gasteiger partial charge in [-0.05, 0) is 43.2 Å². The van der Waals surface area contributed by atoms with Gasteiger partial charge in [0.2, 0.25) is 15.4 Å². The number of carbonyl (C=O) groups excluding carboxylic acids is 2. The van der Waals surface area contributed by atoms with Crippen LogP contribution in [0, 0.1) is 6.92 Å². The van der Waals surface area contributed by atoms with E-state index in [0.717, 1.165) is 29.0 Å². The van der Waals surface area contributed by atoms with E-state index < -0.39 is 15.9 Å². The number of hydrogen-bond donors (Lipinski definition) is 2. The molecule has 0 atom stereocenters. The van der Waals surface area contributed by atoms with Gasteiger partial charge in [-0.15, -0.1) is 10.2 Å². The molecule has 0 spiro atoms. The zero-order valence-electron chi connectivity index (χ0n) is 17.2. The number of amides is 2. The van der Waals surface area contributed by atoms with Gasteiger partial charge in [0.25, 0.3) is 15.9 Å². The van der Waals surface area contributed by atoms with Crippen LogP contribution in [0.15, 0.2) is 52.9 Å². The average Bonchev–Trinajstić information content (AvgIpc) is 3.42. The molecule has 0 unspecified atom stereocenters. The SMILES string of the molecule is Cc1ccc(C(=O)Nc2nnc(S(=O)(=O)NCc3cccc(N4CCCC4=O)c3)s2)cc1. The Bertz CT molecular complexity index is 1260. The van der Waals surface area contributed by atoms with Crippen LogP contribution in [0.2, 0.25) is 0 Å². The lowest BCUT2D eigenvalue weighted by Gasteiger charge is -2.16. The van der Waals surface area contributed by atoms with Crippen molar-refractivity contribution in [2.45, 2.75) is 30.6 Å². The third-order valence-electron chi connectivity index (χ3n) is 4.93. The van der Waals surface area contributed by atoms with Crippen molar-refractivity contribution in [3.8, 4) is 0 Å². The van der Waals surface area contributed by atoms with Crippen LogP contribution in [0.1, 0.15) is 34.3 Å². The summed E-state index contributed by atoms with van der Waals surface area (Å²) in [6.07, 6.45) is 1.34. The topological polar surface area (TPSA) is 121 Å². The lowest BCUT2D eigenvalue weighted by atomic mass is 10.1. The fraction of sp³-hybridized carbons (Fsp3) is 0.238. The summed E-state index contributed by atoms with van der Waals surface area (Å²) in [5.41, 5.74) is 2.92. The Balaban J connectivity index is 1.40. The van der Waals surface area contributed by atoms with E-state index in [1.165, 1.54) is 0 Å². The summed E-state index contributed by atoms with van der Waals surface area (Å²) < 4.78 is 27.5. The van der Waals surface area contributed by atoms with Crippen molar-refractivity contribution in [1.29, 1.82) is 0 Å². The van der Waals surface area contributed by atoms with Gasteiger partial charge in [0, 0.05) is 30.8 Å². The van der Waals surface area contributed by atoms with E-state index in [2.05, 4.69) is 20.2 Å². The van der Waals surface area contributed by atoms with E-state index in [4.69, 9.17) is 0 Å². The second-order valence-electron chi connectivity index (χ2n) is 7.34. The van der Waals surface area contributed by atoms with Crippen molar-refractivity contribution in [1.82, 2.24) is 14.9 Å². The first-order valence-corrected chi connectivity index (χ1v) is 12.2. The number of carbonyl (C=O) groups is 2. The molecule has 2 amide bonds. The fourth-order valence-corrected chi connectivity index (χ4v) is 5.19. The molecule has 0 radical (unpaired) electrons. The van der Waals surface area contributed by atoms with Crippen molar-refractivity contribution in [2.75, 3.05) is 16.8 Å². The number of nitrogens with one attached hydrogen (secondary N) is 2. The zero-order chi connectivity index (χ0) is 22.7. The lowest BCUT2D eigenvalue weighted by Crippen LogP contribution is -2.25. The van der Waals surface area contributed by atoms with Crippen molar-refractivity contribution in [3.63, 3.8) is 0 Å². The number of hydrogen-bond acceptors (Lipinski definition) is 7. The van der Waals surface area contributed by atoms with Crippen LogP contribution in [-0.4, -0.2) is 37.0 Å². The molecule has 0 aliphatic carbocycles. The smallest absolute Gasteiger partial charge is 0.270 e. The average molecular weight is 472 g/mol. The van der Waals surface area contributed by atoms with Gasteiger partial charge in [0.05, 0.1) is 0 Å². The molecule has 11 heteroatoms. The maximum Gasteiger partial charge on any atom is 0.270 e. The maximum atomic E-state index is 12.6. The Kier molecular flexibility index (Phi) is 6.31. The third-order valence-corrected chi connectivity index (χ3v) is 7.54. The molecule has 1 saturated heterocycles. The highest BCUT2D eigenvalue weighted by Gasteiger charge is 2.23. The number of rotatable bonds is 7. The van der Waals surface area contributed by atoms with Crippen molar-refractivity contribution in [2.24, 2.45) is 0 Å². The van der Waals surface area contributed by atoms with Gasteiger partial charge in [-0.25, -0.2) is 13.1 Å². The van der Waals surface area contributed by atoms with E-state index >= 15 is 0 Å². The molecule has 1 aromatic heterocycles. The van der Waals surface area contributed by atoms with Gasteiger partial charge < -0.3 is 4.90 Å². The molecule has 1 fully saturated rings. The zero-order valence-corrected chi connectivity index (χ0v) is 18.9. The molecule has 2 aromatic carbocycles. The largest absolute Gasteiger partial charge is 0.312 e. The summed E-state index contributed by atoms with van der Waals surface area (Å²) in [6.45, 7) is 2.61. The minimum absolute atomic E-state index is 0.0306. The summed E-state index contributed by atoms with van der Waals surface area (Å²) >= 11 is 0.767. The highest BCUT2D eigenvalue weighted by Crippen LogP contribution is 2.23. The van der Waals surface area contributed by atoms with Crippen LogP contribution < -0.4 is 14.9 Å². The van der Waals surface area contributed by atoms with E-state index in [0.29, 0.717) is 24.1 Å². The molecular formula is C21H21N5O4S2. The minimum atomic E-state index is -3.92. The molecule has 2 N–H and O–H groups in total. The van der Waals surface area contributed by atoms with Gasteiger partial charge in [-0.2, -0.15) is 0 Å². The second kappa shape index (κ2) is 9.15. The highest BCUT2D eigenvalue weighted by atomic mass is 32.2. The second-order valence-corrected chi connectivity index (χ2v) is 10.3. The molecule has 4 rings (SSSR count). The molecule has 166 valence electrons. The quantitative estimate of drug-likeness (QED) is 0.511. The van der Waals surface area contributed by atoms with E-state index in [1.54, 1.807) is 35.2 Å². The van der Waals surface area contributed by atoms with Gasteiger partial charge >= 0.3 is 0 Å². The Morgan fingerprint density at radius 1 is 1.16 bits per heavy atom. The first-order valence-electron chi connectivity index (χ1n) is 9.92. The number of nitrogens with zero attached hydrogens (tertiary/aromatic N) is 3. The molecule has 1 aliphatic rings. The van der Waals surface area contributed by atoms with Gasteiger partial charge in [-0.3, -0.25) is 14.9 Å². The summed E-state index contributed by atoms with van der Waals surface area (Å²) in [5, 5.41) is 10.1. The fourth-order valence-electron chi connectivity index (χ4n) is 3.24. The van der Waals surface area contributed by atoms with Crippen LogP contribution in [0.5, 0.6) is 0 Å². The molecule has 0 bridgehead atoms. The van der Waals surface area contributed by atoms with E-state index in [9.17, 15) is 18.0 Å². The molecule has 1 aliphatic heterocycles. The number of aromatic nitrogens is 2. The highest BCUT2D eigenvalue weighted by molar-refractivity contribution is 7.91. The molecule has 2 heterocycles. The summed E-state index contributed by atoms with van der Waals surface area (Å²) in [4.78, 5) is 25.9.